The average molecular weight is 943 g/mol. The normalized spacial score (nSPS) is 14.4. The van der Waals surface area contributed by atoms with Crippen LogP contribution in [0.25, 0.3) is 0 Å². The molecule has 0 radical (unpaired) electrons. The summed E-state index contributed by atoms with van der Waals surface area (Å²) in [5, 5.41) is 9.74. The van der Waals surface area contributed by atoms with E-state index in [4.69, 9.17) is 23.3 Å². The lowest BCUT2D eigenvalue weighted by Gasteiger charge is -2.21. The third-order valence-electron chi connectivity index (χ3n) is 9.71. The fourth-order valence-corrected chi connectivity index (χ4v) is 6.78. The zero-order valence-electron chi connectivity index (χ0n) is 40.9. The quantitative estimate of drug-likeness (QED) is 0.0197. The molecule has 0 aliphatic rings. The van der Waals surface area contributed by atoms with E-state index >= 15 is 0 Å². The van der Waals surface area contributed by atoms with E-state index < -0.39 is 57.8 Å². The van der Waals surface area contributed by atoms with E-state index in [9.17, 15) is 28.9 Å². The molecule has 2 N–H and O–H groups in total. The highest BCUT2D eigenvalue weighted by molar-refractivity contribution is 7.47. The summed E-state index contributed by atoms with van der Waals surface area (Å²) in [7, 11) is -4.77. The molecule has 374 valence electrons. The third-order valence-corrected chi connectivity index (χ3v) is 10.7. The van der Waals surface area contributed by atoms with Gasteiger partial charge >= 0.3 is 25.7 Å². The summed E-state index contributed by atoms with van der Waals surface area (Å²) in [4.78, 5) is 48.1. The Hall–Kier alpha value is -3.86. The lowest BCUT2D eigenvalue weighted by molar-refractivity contribution is -0.161. The average Bonchev–Trinajstić information content (AvgIpc) is 3.30. The van der Waals surface area contributed by atoms with E-state index in [1.165, 1.54) is 32.1 Å². The van der Waals surface area contributed by atoms with Crippen molar-refractivity contribution in [3.05, 3.63) is 109 Å². The highest BCUT2D eigenvalue weighted by atomic mass is 31.2. The maximum atomic E-state index is 12.8. The van der Waals surface area contributed by atoms with Crippen molar-refractivity contribution in [3.63, 3.8) is 0 Å². The van der Waals surface area contributed by atoms with Gasteiger partial charge in [0.25, 0.3) is 0 Å². The van der Waals surface area contributed by atoms with Gasteiger partial charge in [-0.05, 0) is 83.5 Å². The molecule has 0 saturated heterocycles. The smallest absolute Gasteiger partial charge is 0.462 e. The minimum Gasteiger partial charge on any atom is -0.462 e. The van der Waals surface area contributed by atoms with Crippen molar-refractivity contribution in [2.75, 3.05) is 26.4 Å². The van der Waals surface area contributed by atoms with Gasteiger partial charge in [-0.1, -0.05) is 182 Å². The zero-order chi connectivity index (χ0) is 48.4. The van der Waals surface area contributed by atoms with Crippen LogP contribution in [0.1, 0.15) is 175 Å². The monoisotopic (exact) mass is 943 g/mol. The molecular formula is C54H87O11P. The lowest BCUT2D eigenvalue weighted by atomic mass is 10.1. The number of hydrogen-bond donors (Lipinski definition) is 2. The molecule has 0 bridgehead atoms. The van der Waals surface area contributed by atoms with E-state index in [-0.39, 0.29) is 25.9 Å². The van der Waals surface area contributed by atoms with Crippen LogP contribution in [-0.4, -0.2) is 66.5 Å². The number of aliphatic hydroxyl groups is 1. The van der Waals surface area contributed by atoms with Gasteiger partial charge in [0.2, 0.25) is 0 Å². The fraction of sp³-hybridized carbons (Fsp3) is 0.611. The van der Waals surface area contributed by atoms with Crippen molar-refractivity contribution in [1.29, 1.82) is 0 Å². The number of aliphatic hydroxyl groups excluding tert-OH is 1. The molecule has 0 aliphatic carbocycles. The van der Waals surface area contributed by atoms with E-state index in [0.717, 1.165) is 77.0 Å². The molecule has 11 nitrogen and oxygen atoms in total. The predicted octanol–water partition coefficient (Wildman–Crippen LogP) is 13.9. The van der Waals surface area contributed by atoms with E-state index in [1.54, 1.807) is 0 Å². The van der Waals surface area contributed by atoms with Crippen LogP contribution in [0.15, 0.2) is 109 Å². The molecule has 3 atom stereocenters. The van der Waals surface area contributed by atoms with Gasteiger partial charge in [-0.25, -0.2) is 4.57 Å². The van der Waals surface area contributed by atoms with Crippen LogP contribution < -0.4 is 0 Å². The first-order valence-corrected chi connectivity index (χ1v) is 26.3. The molecule has 0 saturated carbocycles. The fourth-order valence-electron chi connectivity index (χ4n) is 5.99. The van der Waals surface area contributed by atoms with Crippen molar-refractivity contribution >= 4 is 25.7 Å². The molecule has 12 heteroatoms. The van der Waals surface area contributed by atoms with E-state index in [0.29, 0.717) is 25.7 Å². The van der Waals surface area contributed by atoms with Gasteiger partial charge in [-0.2, -0.15) is 0 Å². The zero-order valence-corrected chi connectivity index (χ0v) is 41.8. The van der Waals surface area contributed by atoms with Crippen molar-refractivity contribution in [1.82, 2.24) is 0 Å². The molecule has 0 spiro atoms. The molecule has 0 aromatic carbocycles. The summed E-state index contributed by atoms with van der Waals surface area (Å²) in [5.41, 5.74) is 0. The first-order valence-electron chi connectivity index (χ1n) is 24.8. The Morgan fingerprint density at radius 2 is 0.818 bits per heavy atom. The van der Waals surface area contributed by atoms with Gasteiger partial charge in [-0.3, -0.25) is 23.4 Å². The molecule has 0 aromatic heterocycles. The molecule has 0 amide bonds. The minimum atomic E-state index is -4.77. The number of carbonyl (C=O) groups excluding carboxylic acids is 3. The van der Waals surface area contributed by atoms with Crippen LogP contribution in [-0.2, 0) is 42.2 Å². The Balaban J connectivity index is 4.89. The third kappa shape index (κ3) is 45.3. The Labute approximate surface area is 399 Å². The summed E-state index contributed by atoms with van der Waals surface area (Å²) in [6, 6.07) is 0. The SMILES string of the molecule is CC/C=C\C/C=C\C/C=C\C/C=C\C/C=C\CCCC(=O)OC(COC(=O)CCCCCCCCCCC)COP(=O)(O)OCC(CO)OC(=O)CC/C=C\C/C=C\C/C=C\C/C=C\CC. The van der Waals surface area contributed by atoms with Crippen LogP contribution in [0.3, 0.4) is 0 Å². The number of ether oxygens (including phenoxy) is 3. The second-order valence-corrected chi connectivity index (χ2v) is 17.3. The largest absolute Gasteiger partial charge is 0.472 e. The molecule has 3 unspecified atom stereocenters. The minimum absolute atomic E-state index is 0.0469. The van der Waals surface area contributed by atoms with Crippen LogP contribution in [0.5, 0.6) is 0 Å². The number of phosphoric acid groups is 1. The highest BCUT2D eigenvalue weighted by Crippen LogP contribution is 2.43. The first-order chi connectivity index (χ1) is 32.2. The number of allylic oxidation sites excluding steroid dienone is 18. The number of carbonyl (C=O) groups is 3. The number of rotatable bonds is 44. The summed E-state index contributed by atoms with van der Waals surface area (Å²) < 4.78 is 39.1. The van der Waals surface area contributed by atoms with Gasteiger partial charge in [-0.15, -0.1) is 0 Å². The number of unbranched alkanes of at least 4 members (excludes halogenated alkanes) is 9. The Morgan fingerprint density at radius 1 is 0.439 bits per heavy atom. The van der Waals surface area contributed by atoms with Crippen LogP contribution in [0.2, 0.25) is 0 Å². The molecule has 0 aliphatic heterocycles. The standard InChI is InChI=1S/C54H87O11P/c1-4-7-10-13-16-19-21-23-24-25-26-28-30-33-36-39-42-45-54(58)65-51(47-61-52(56)43-40-37-34-31-18-15-12-9-6-3)49-63-66(59,60)62-48-50(46-55)64-53(57)44-41-38-35-32-29-27-22-20-17-14-11-8-5-2/h7-8,10-11,16-17,19-20,23-24,26-29,33,35-36,38,50-51,55H,4-6,9,12-15,18,21-22,25,30-32,34,37,39-49H2,1-3H3,(H,59,60)/b10-7-,11-8-,19-16-,20-17-,24-23-,28-26-,29-27-,36-33-,38-35-. The van der Waals surface area contributed by atoms with Crippen LogP contribution >= 0.6 is 7.82 Å². The molecule has 0 aromatic rings. The van der Waals surface area contributed by atoms with Crippen LogP contribution in [0, 0.1) is 0 Å². The molecule has 0 heterocycles. The van der Waals surface area contributed by atoms with Crippen LogP contribution in [0.4, 0.5) is 0 Å². The maximum absolute atomic E-state index is 12.8. The van der Waals surface area contributed by atoms with Gasteiger partial charge in [0.05, 0.1) is 19.8 Å². The Bertz CT molecular complexity index is 1520. The summed E-state index contributed by atoms with van der Waals surface area (Å²) >= 11 is 0. The number of phosphoric ester groups is 1. The van der Waals surface area contributed by atoms with Crippen molar-refractivity contribution < 1.29 is 52.2 Å². The molecular weight excluding hydrogens is 856 g/mol. The summed E-state index contributed by atoms with van der Waals surface area (Å²) in [6.07, 6.45) is 55.3. The maximum Gasteiger partial charge on any atom is 0.472 e. The summed E-state index contributed by atoms with van der Waals surface area (Å²) in [6.45, 7) is 4.20. The van der Waals surface area contributed by atoms with Gasteiger partial charge in [0, 0.05) is 19.3 Å². The van der Waals surface area contributed by atoms with E-state index in [1.807, 2.05) is 30.4 Å². The second-order valence-electron chi connectivity index (χ2n) is 15.9. The lowest BCUT2D eigenvalue weighted by Crippen LogP contribution is -2.30. The molecule has 66 heavy (non-hydrogen) atoms. The topological polar surface area (TPSA) is 155 Å². The van der Waals surface area contributed by atoms with Gasteiger partial charge in [0.15, 0.2) is 6.10 Å². The first kappa shape index (κ1) is 62.1. The highest BCUT2D eigenvalue weighted by Gasteiger charge is 2.28. The van der Waals surface area contributed by atoms with Crippen molar-refractivity contribution in [2.24, 2.45) is 0 Å². The second kappa shape index (κ2) is 47.6. The Kier molecular flexibility index (Phi) is 44.8. The Morgan fingerprint density at radius 3 is 1.29 bits per heavy atom. The predicted molar refractivity (Wildman–Crippen MR) is 270 cm³/mol. The van der Waals surface area contributed by atoms with Gasteiger partial charge in [0.1, 0.15) is 12.7 Å². The molecule has 0 fully saturated rings. The van der Waals surface area contributed by atoms with Gasteiger partial charge < -0.3 is 24.2 Å². The van der Waals surface area contributed by atoms with Crippen molar-refractivity contribution in [3.8, 4) is 0 Å². The summed E-state index contributed by atoms with van der Waals surface area (Å²) in [5.74, 6) is -1.64. The molecule has 0 rings (SSSR count). The van der Waals surface area contributed by atoms with E-state index in [2.05, 4.69) is 99.8 Å². The number of esters is 3. The number of hydrogen-bond acceptors (Lipinski definition) is 10. The van der Waals surface area contributed by atoms with Crippen molar-refractivity contribution in [2.45, 2.75) is 187 Å².